The molecule has 6 atom stereocenters. The fourth-order valence-corrected chi connectivity index (χ4v) is 10.9. The van der Waals surface area contributed by atoms with E-state index in [-0.39, 0.29) is 81.3 Å². The fourth-order valence-electron chi connectivity index (χ4n) is 8.77. The molecule has 24 heteroatoms. The Morgan fingerprint density at radius 1 is 0.594 bits per heavy atom. The van der Waals surface area contributed by atoms with Crippen molar-refractivity contribution in [3.63, 3.8) is 0 Å². The topological polar surface area (TPSA) is 141 Å². The second-order valence-electron chi connectivity index (χ2n) is 23.9. The SMILES string of the molecule is CC(C)(C)OC(=O)N1C[C@H](F)C[C@H]1C(=O)N1CC2(CC2)N(C(=O)C(F)(F)F)C[C@H]1CO[Si](C)(C)C(C)(C)C.CC(C)(C)[Si](C)(C)OC[C@@H]1CN(C(=O)C(F)(F)F)C2(CC2)CN1C(=O)[C@@H]1C[C@@H](F)CN1. The highest BCUT2D eigenvalue weighted by Gasteiger charge is 2.63. The molecule has 6 fully saturated rings. The number of carbonyl (C=O) groups is 5. The summed E-state index contributed by atoms with van der Waals surface area (Å²) in [5.74, 6) is -4.68. The number of likely N-dealkylation sites (tertiary alicyclic amines) is 1. The molecule has 0 bridgehead atoms. The molecule has 2 spiro atoms. The maximum atomic E-state index is 14.5. The van der Waals surface area contributed by atoms with Crippen LogP contribution in [0.3, 0.4) is 0 Å². The van der Waals surface area contributed by atoms with Crippen LogP contribution in [0.25, 0.3) is 0 Å². The molecule has 6 aliphatic rings. The lowest BCUT2D eigenvalue weighted by molar-refractivity contribution is -0.194. The zero-order chi connectivity index (χ0) is 52.5. The second kappa shape index (κ2) is 19.4. The first-order valence-corrected chi connectivity index (χ1v) is 29.6. The molecule has 4 heterocycles. The van der Waals surface area contributed by atoms with Gasteiger partial charge in [-0.25, -0.2) is 13.6 Å². The molecule has 0 radical (unpaired) electrons. The average molecular weight is 1040 g/mol. The molecule has 0 unspecified atom stereocenters. The Hall–Kier alpha value is -3.10. The van der Waals surface area contributed by atoms with Crippen molar-refractivity contribution in [1.82, 2.24) is 29.8 Å². The maximum absolute atomic E-state index is 14.5. The minimum Gasteiger partial charge on any atom is -0.444 e. The molecular formula is C45H74F8N6O8Si2. The predicted molar refractivity (Wildman–Crippen MR) is 244 cm³/mol. The molecule has 0 aromatic rings. The van der Waals surface area contributed by atoms with Crippen molar-refractivity contribution in [1.29, 1.82) is 0 Å². The Bertz CT molecular complexity index is 1930. The molecule has 69 heavy (non-hydrogen) atoms. The number of piperazine rings is 2. The van der Waals surface area contributed by atoms with E-state index in [2.05, 4.69) is 5.32 Å². The Kier molecular flexibility index (Phi) is 16.0. The average Bonchev–Trinajstić information content (AvgIpc) is 4.06. The van der Waals surface area contributed by atoms with Crippen LogP contribution in [0.5, 0.6) is 0 Å². The van der Waals surface area contributed by atoms with E-state index < -0.39 is 106 Å². The normalized spacial score (nSPS) is 27.3. The fraction of sp³-hybridized carbons (Fsp3) is 0.889. The summed E-state index contributed by atoms with van der Waals surface area (Å²) in [5, 5.41) is 2.55. The number of ether oxygens (including phenoxy) is 1. The molecular weight excluding hydrogens is 961 g/mol. The number of carbonyl (C=O) groups excluding carboxylic acids is 5. The van der Waals surface area contributed by atoms with Crippen LogP contribution in [0, 0.1) is 0 Å². The van der Waals surface area contributed by atoms with Crippen LogP contribution in [-0.4, -0.2) is 189 Å². The lowest BCUT2D eigenvalue weighted by Gasteiger charge is -2.49. The highest BCUT2D eigenvalue weighted by molar-refractivity contribution is 6.74. The molecule has 0 aromatic carbocycles. The monoisotopic (exact) mass is 1030 g/mol. The minimum atomic E-state index is -5.05. The van der Waals surface area contributed by atoms with E-state index in [9.17, 15) is 59.1 Å². The Morgan fingerprint density at radius 3 is 1.33 bits per heavy atom. The van der Waals surface area contributed by atoms with Gasteiger partial charge in [0.25, 0.3) is 0 Å². The first-order valence-electron chi connectivity index (χ1n) is 23.8. The van der Waals surface area contributed by atoms with Gasteiger partial charge in [0.1, 0.15) is 24.0 Å². The van der Waals surface area contributed by atoms with Crippen molar-refractivity contribution >= 4 is 46.4 Å². The molecule has 5 amide bonds. The summed E-state index contributed by atoms with van der Waals surface area (Å²) in [6, 6.07) is -3.45. The lowest BCUT2D eigenvalue weighted by Crippen LogP contribution is -2.67. The minimum absolute atomic E-state index is 0.0221. The molecule has 14 nitrogen and oxygen atoms in total. The zero-order valence-corrected chi connectivity index (χ0v) is 44.4. The molecule has 2 saturated carbocycles. The van der Waals surface area contributed by atoms with Gasteiger partial charge in [0.15, 0.2) is 16.6 Å². The molecule has 6 rings (SSSR count). The largest absolute Gasteiger partial charge is 0.471 e. The maximum Gasteiger partial charge on any atom is 0.471 e. The molecule has 396 valence electrons. The number of alkyl halides is 8. The number of halogens is 8. The number of nitrogens with zero attached hydrogens (tertiary/aromatic N) is 5. The summed E-state index contributed by atoms with van der Waals surface area (Å²) in [4.78, 5) is 70.2. The third-order valence-corrected chi connectivity index (χ3v) is 24.4. The number of amides is 5. The standard InChI is InChI=1S/C25H41F4N3O5Si.C20H33F4N3O3Si/c1-22(2,3)37-21(35)30-12-16(26)11-18(30)19(33)31-15-24(9-10-24)32(20(34)25(27,28)29)13-17(31)14-36-38(7,8)23(4,5)6;1-18(2,3)31(4,5)30-11-14-10-27(17(29)20(22,23)24)19(6-7-19)12-26(14)16(28)15-8-13(21)9-25-15/h16-18H,9-15H2,1-8H3;13-15,25H,6-12H2,1-5H3/t16-,17+,18+;13-,14+,15+/m11/s1. The second-order valence-corrected chi connectivity index (χ2v) is 33.6. The smallest absolute Gasteiger partial charge is 0.444 e. The van der Waals surface area contributed by atoms with Crippen LogP contribution in [-0.2, 0) is 32.8 Å². The van der Waals surface area contributed by atoms with Crippen LogP contribution in [0.2, 0.25) is 36.3 Å². The first-order chi connectivity index (χ1) is 31.2. The van der Waals surface area contributed by atoms with Crippen molar-refractivity contribution in [3.8, 4) is 0 Å². The van der Waals surface area contributed by atoms with Gasteiger partial charge in [0, 0.05) is 45.6 Å². The van der Waals surface area contributed by atoms with Crippen molar-refractivity contribution in [2.24, 2.45) is 0 Å². The van der Waals surface area contributed by atoms with Gasteiger partial charge in [-0.2, -0.15) is 26.3 Å². The number of nitrogens with one attached hydrogen (secondary N) is 1. The Labute approximate surface area is 403 Å². The van der Waals surface area contributed by atoms with E-state index in [1.165, 1.54) is 9.80 Å². The van der Waals surface area contributed by atoms with E-state index in [4.69, 9.17) is 13.6 Å². The molecule has 0 aromatic heterocycles. The summed E-state index contributed by atoms with van der Waals surface area (Å²) in [6.45, 7) is 24.2. The summed E-state index contributed by atoms with van der Waals surface area (Å²) >= 11 is 0. The van der Waals surface area contributed by atoms with E-state index in [0.717, 1.165) is 14.7 Å². The van der Waals surface area contributed by atoms with Gasteiger partial charge >= 0.3 is 30.3 Å². The van der Waals surface area contributed by atoms with Crippen molar-refractivity contribution in [2.45, 2.75) is 203 Å². The Balaban J connectivity index is 0.000000263. The highest BCUT2D eigenvalue weighted by Crippen LogP contribution is 2.49. The van der Waals surface area contributed by atoms with E-state index in [1.807, 2.05) is 67.7 Å². The first kappa shape index (κ1) is 56.8. The zero-order valence-electron chi connectivity index (χ0n) is 42.4. The molecule has 2 aliphatic carbocycles. The van der Waals surface area contributed by atoms with E-state index in [1.54, 1.807) is 20.8 Å². The predicted octanol–water partition coefficient (Wildman–Crippen LogP) is 7.33. The van der Waals surface area contributed by atoms with Crippen molar-refractivity contribution < 1.29 is 72.7 Å². The summed E-state index contributed by atoms with van der Waals surface area (Å²) in [6.07, 6.45) is -12.1. The Morgan fingerprint density at radius 2 is 1.00 bits per heavy atom. The summed E-state index contributed by atoms with van der Waals surface area (Å²) in [5.41, 5.74) is -2.97. The van der Waals surface area contributed by atoms with Crippen molar-refractivity contribution in [3.05, 3.63) is 0 Å². The van der Waals surface area contributed by atoms with Gasteiger partial charge in [-0.3, -0.25) is 24.1 Å². The van der Waals surface area contributed by atoms with Gasteiger partial charge in [-0.1, -0.05) is 41.5 Å². The summed E-state index contributed by atoms with van der Waals surface area (Å²) in [7, 11) is -4.61. The van der Waals surface area contributed by atoms with Gasteiger partial charge in [0.05, 0.1) is 49.0 Å². The number of hydrogen-bond donors (Lipinski definition) is 1. The molecule has 4 saturated heterocycles. The third-order valence-electron chi connectivity index (χ3n) is 15.4. The van der Waals surface area contributed by atoms with Crippen molar-refractivity contribution in [2.75, 3.05) is 52.5 Å². The quantitative estimate of drug-likeness (QED) is 0.196. The lowest BCUT2D eigenvalue weighted by atomic mass is 10.0. The number of rotatable bonds is 8. The van der Waals surface area contributed by atoms with Gasteiger partial charge < -0.3 is 38.5 Å². The van der Waals surface area contributed by atoms with Crippen LogP contribution < -0.4 is 5.32 Å². The number of hydrogen-bond acceptors (Lipinski definition) is 9. The van der Waals surface area contributed by atoms with Gasteiger partial charge in [-0.05, 0) is 82.7 Å². The van der Waals surface area contributed by atoms with Crippen LogP contribution in [0.1, 0.15) is 101 Å². The van der Waals surface area contributed by atoms with Crippen LogP contribution in [0.15, 0.2) is 0 Å². The third kappa shape index (κ3) is 12.9. The van der Waals surface area contributed by atoms with Gasteiger partial charge in [0.2, 0.25) is 11.8 Å². The molecule has 1 N–H and O–H groups in total. The highest BCUT2D eigenvalue weighted by atomic mass is 28.4. The van der Waals surface area contributed by atoms with E-state index in [0.29, 0.717) is 25.7 Å². The summed E-state index contributed by atoms with van der Waals surface area (Å²) < 4.78 is 126. The van der Waals surface area contributed by atoms with E-state index >= 15 is 0 Å². The van der Waals surface area contributed by atoms with Crippen LogP contribution >= 0.6 is 0 Å². The molecule has 4 aliphatic heterocycles. The van der Waals surface area contributed by atoms with Gasteiger partial charge in [-0.15, -0.1) is 0 Å². The van der Waals surface area contributed by atoms with Crippen LogP contribution in [0.4, 0.5) is 39.9 Å².